The number of furan rings is 1. The van der Waals surface area contributed by atoms with Crippen LogP contribution in [0.4, 0.5) is 9.93 Å². The molecule has 124 valence electrons. The molecule has 2 aromatic rings. The standard InChI is InChI=1S/C16H21N3O3S/c1-3-4-12-10-23-15(17-12)18-16(20)19-7-8-21-9-13(19)14-6-5-11(2)22-14/h5-6,10,13H,3-4,7-9H2,1-2H3,(H,17,18,20)/t13-/m0/s1. The van der Waals surface area contributed by atoms with Crippen molar-refractivity contribution in [3.63, 3.8) is 0 Å². The Labute approximate surface area is 139 Å². The maximum atomic E-state index is 12.6. The average molecular weight is 335 g/mol. The van der Waals surface area contributed by atoms with Crippen LogP contribution >= 0.6 is 11.3 Å². The van der Waals surface area contributed by atoms with Crippen molar-refractivity contribution in [3.8, 4) is 0 Å². The quantitative estimate of drug-likeness (QED) is 0.927. The van der Waals surface area contributed by atoms with Gasteiger partial charge in [0.15, 0.2) is 5.13 Å². The van der Waals surface area contributed by atoms with E-state index in [2.05, 4.69) is 17.2 Å². The SMILES string of the molecule is CCCc1csc(NC(=O)N2CCOC[C@H]2c2ccc(C)o2)n1. The highest BCUT2D eigenvalue weighted by Gasteiger charge is 2.31. The molecule has 1 fully saturated rings. The summed E-state index contributed by atoms with van der Waals surface area (Å²) in [4.78, 5) is 18.8. The number of anilines is 1. The fourth-order valence-corrected chi connectivity index (χ4v) is 3.35. The fourth-order valence-electron chi connectivity index (χ4n) is 2.61. The first kappa shape index (κ1) is 16.0. The van der Waals surface area contributed by atoms with Crippen molar-refractivity contribution in [2.45, 2.75) is 32.7 Å². The van der Waals surface area contributed by atoms with Gasteiger partial charge in [0.25, 0.3) is 0 Å². The Bertz CT molecular complexity index is 667. The molecule has 7 heteroatoms. The number of hydrogen-bond acceptors (Lipinski definition) is 5. The Morgan fingerprint density at radius 3 is 3.13 bits per heavy atom. The molecule has 2 amide bonds. The summed E-state index contributed by atoms with van der Waals surface area (Å²) >= 11 is 1.46. The minimum Gasteiger partial charge on any atom is -0.464 e. The number of hydrogen-bond donors (Lipinski definition) is 1. The van der Waals surface area contributed by atoms with E-state index < -0.39 is 0 Å². The molecule has 0 aliphatic carbocycles. The molecule has 0 aromatic carbocycles. The van der Waals surface area contributed by atoms with Crippen LogP contribution in [0, 0.1) is 6.92 Å². The molecule has 6 nitrogen and oxygen atoms in total. The summed E-state index contributed by atoms with van der Waals surface area (Å²) in [6.07, 6.45) is 1.97. The average Bonchev–Trinajstić information content (AvgIpc) is 3.17. The van der Waals surface area contributed by atoms with Crippen molar-refractivity contribution in [3.05, 3.63) is 34.7 Å². The molecule has 0 radical (unpaired) electrons. The van der Waals surface area contributed by atoms with E-state index in [4.69, 9.17) is 9.15 Å². The van der Waals surface area contributed by atoms with Crippen molar-refractivity contribution in [1.82, 2.24) is 9.88 Å². The number of aryl methyl sites for hydroxylation is 2. The van der Waals surface area contributed by atoms with Crippen molar-refractivity contribution in [2.75, 3.05) is 25.1 Å². The van der Waals surface area contributed by atoms with E-state index in [1.54, 1.807) is 4.90 Å². The largest absolute Gasteiger partial charge is 0.464 e. The van der Waals surface area contributed by atoms with Gasteiger partial charge in [-0.1, -0.05) is 13.3 Å². The summed E-state index contributed by atoms with van der Waals surface area (Å²) in [5.74, 6) is 1.58. The molecule has 1 atom stereocenters. The minimum absolute atomic E-state index is 0.162. The van der Waals surface area contributed by atoms with Gasteiger partial charge in [0.05, 0.1) is 18.9 Å². The number of amides is 2. The Balaban J connectivity index is 1.70. The number of carbonyl (C=O) groups is 1. The molecular formula is C16H21N3O3S. The second kappa shape index (κ2) is 7.14. The first-order valence-electron chi connectivity index (χ1n) is 7.83. The summed E-state index contributed by atoms with van der Waals surface area (Å²) in [5.41, 5.74) is 1.02. The zero-order chi connectivity index (χ0) is 16.2. The Morgan fingerprint density at radius 2 is 2.39 bits per heavy atom. The lowest BCUT2D eigenvalue weighted by Crippen LogP contribution is -2.45. The highest BCUT2D eigenvalue weighted by molar-refractivity contribution is 7.13. The Hall–Kier alpha value is -1.86. The van der Waals surface area contributed by atoms with Crippen LogP contribution in [-0.4, -0.2) is 35.7 Å². The van der Waals surface area contributed by atoms with Gasteiger partial charge in [-0.3, -0.25) is 5.32 Å². The molecule has 1 aliphatic heterocycles. The minimum atomic E-state index is -0.201. The summed E-state index contributed by atoms with van der Waals surface area (Å²) in [5, 5.41) is 5.52. The first-order valence-corrected chi connectivity index (χ1v) is 8.71. The van der Waals surface area contributed by atoms with E-state index in [1.807, 2.05) is 24.4 Å². The van der Waals surface area contributed by atoms with Gasteiger partial charge in [-0.25, -0.2) is 9.78 Å². The van der Waals surface area contributed by atoms with Crippen LogP contribution in [0.3, 0.4) is 0 Å². The molecule has 0 bridgehead atoms. The van der Waals surface area contributed by atoms with Crippen LogP contribution in [0.15, 0.2) is 21.9 Å². The number of thiazole rings is 1. The van der Waals surface area contributed by atoms with Crippen molar-refractivity contribution >= 4 is 22.5 Å². The number of morpholine rings is 1. The third-order valence-electron chi connectivity index (χ3n) is 3.75. The molecule has 3 heterocycles. The summed E-state index contributed by atoms with van der Waals surface area (Å²) in [6.45, 7) is 5.51. The Kier molecular flexibility index (Phi) is 4.97. The first-order chi connectivity index (χ1) is 11.2. The van der Waals surface area contributed by atoms with Crippen LogP contribution in [0.2, 0.25) is 0 Å². The van der Waals surface area contributed by atoms with E-state index in [0.717, 1.165) is 30.1 Å². The topological polar surface area (TPSA) is 67.6 Å². The number of urea groups is 1. The van der Waals surface area contributed by atoms with Gasteiger partial charge in [0.1, 0.15) is 17.6 Å². The van der Waals surface area contributed by atoms with Gasteiger partial charge in [0.2, 0.25) is 0 Å². The van der Waals surface area contributed by atoms with E-state index in [0.29, 0.717) is 24.9 Å². The molecule has 2 aromatic heterocycles. The second-order valence-corrected chi connectivity index (χ2v) is 6.41. The van der Waals surface area contributed by atoms with Crippen molar-refractivity contribution in [2.24, 2.45) is 0 Å². The number of carbonyl (C=O) groups excluding carboxylic acids is 1. The number of rotatable bonds is 4. The molecule has 1 N–H and O–H groups in total. The van der Waals surface area contributed by atoms with Gasteiger partial charge in [-0.2, -0.15) is 0 Å². The zero-order valence-electron chi connectivity index (χ0n) is 13.4. The number of aromatic nitrogens is 1. The van der Waals surface area contributed by atoms with Crippen LogP contribution in [0.5, 0.6) is 0 Å². The monoisotopic (exact) mass is 335 g/mol. The fraction of sp³-hybridized carbons (Fsp3) is 0.500. The Morgan fingerprint density at radius 1 is 1.52 bits per heavy atom. The lowest BCUT2D eigenvalue weighted by Gasteiger charge is -2.34. The molecule has 0 saturated carbocycles. The van der Waals surface area contributed by atoms with E-state index in [9.17, 15) is 4.79 Å². The summed E-state index contributed by atoms with van der Waals surface area (Å²) in [7, 11) is 0. The molecule has 0 unspecified atom stereocenters. The predicted octanol–water partition coefficient (Wildman–Crippen LogP) is 3.60. The second-order valence-electron chi connectivity index (χ2n) is 5.56. The molecule has 1 aliphatic rings. The normalized spacial score (nSPS) is 18.2. The van der Waals surface area contributed by atoms with Crippen molar-refractivity contribution < 1.29 is 13.9 Å². The lowest BCUT2D eigenvalue weighted by molar-refractivity contribution is 0.00710. The predicted molar refractivity (Wildman–Crippen MR) is 88.8 cm³/mol. The van der Waals surface area contributed by atoms with Crippen LogP contribution in [-0.2, 0) is 11.2 Å². The highest BCUT2D eigenvalue weighted by Crippen LogP contribution is 2.27. The van der Waals surface area contributed by atoms with Gasteiger partial charge < -0.3 is 14.1 Å². The summed E-state index contributed by atoms with van der Waals surface area (Å²) in [6, 6.07) is 3.44. The van der Waals surface area contributed by atoms with Crippen LogP contribution in [0.1, 0.15) is 36.6 Å². The van der Waals surface area contributed by atoms with Gasteiger partial charge >= 0.3 is 6.03 Å². The van der Waals surface area contributed by atoms with E-state index in [-0.39, 0.29) is 12.1 Å². The van der Waals surface area contributed by atoms with E-state index in [1.165, 1.54) is 11.3 Å². The molecule has 0 spiro atoms. The van der Waals surface area contributed by atoms with Crippen molar-refractivity contribution in [1.29, 1.82) is 0 Å². The molecule has 3 rings (SSSR count). The third-order valence-corrected chi connectivity index (χ3v) is 4.56. The van der Waals surface area contributed by atoms with Gasteiger partial charge in [-0.15, -0.1) is 11.3 Å². The lowest BCUT2D eigenvalue weighted by atomic mass is 10.2. The number of nitrogens with zero attached hydrogens (tertiary/aromatic N) is 2. The van der Waals surface area contributed by atoms with Gasteiger partial charge in [0, 0.05) is 11.9 Å². The van der Waals surface area contributed by atoms with Crippen LogP contribution in [0.25, 0.3) is 0 Å². The highest BCUT2D eigenvalue weighted by atomic mass is 32.1. The van der Waals surface area contributed by atoms with Gasteiger partial charge in [-0.05, 0) is 25.5 Å². The van der Waals surface area contributed by atoms with E-state index >= 15 is 0 Å². The third kappa shape index (κ3) is 3.73. The smallest absolute Gasteiger partial charge is 0.324 e. The number of nitrogens with one attached hydrogen (secondary N) is 1. The maximum absolute atomic E-state index is 12.6. The molecule has 23 heavy (non-hydrogen) atoms. The van der Waals surface area contributed by atoms with Crippen LogP contribution < -0.4 is 5.32 Å². The molecular weight excluding hydrogens is 314 g/mol. The maximum Gasteiger partial charge on any atom is 0.324 e. The zero-order valence-corrected chi connectivity index (χ0v) is 14.2. The summed E-state index contributed by atoms with van der Waals surface area (Å²) < 4.78 is 11.2. The number of ether oxygens (including phenoxy) is 1. The molecule has 1 saturated heterocycles.